The molecule has 0 saturated heterocycles. The van der Waals surface area contributed by atoms with Crippen LogP contribution in [0.3, 0.4) is 0 Å². The van der Waals surface area contributed by atoms with Gasteiger partial charge in [0.15, 0.2) is 0 Å². The molecule has 2 aromatic carbocycles. The van der Waals surface area contributed by atoms with E-state index in [0.717, 1.165) is 27.9 Å². The van der Waals surface area contributed by atoms with Crippen molar-refractivity contribution in [3.63, 3.8) is 0 Å². The summed E-state index contributed by atoms with van der Waals surface area (Å²) in [5.41, 5.74) is 4.74. The zero-order valence-corrected chi connectivity index (χ0v) is 16.8. The Bertz CT molecular complexity index is 840. The van der Waals surface area contributed by atoms with Crippen LogP contribution in [0.1, 0.15) is 22.3 Å². The van der Waals surface area contributed by atoms with Crippen molar-refractivity contribution in [2.45, 2.75) is 27.2 Å². The number of benzene rings is 2. The van der Waals surface area contributed by atoms with Crippen molar-refractivity contribution < 1.29 is 14.4 Å². The molecular formula is C22H27N3O3. The third-order valence-corrected chi connectivity index (χ3v) is 4.39. The molecule has 0 radical (unpaired) electrons. The van der Waals surface area contributed by atoms with Crippen LogP contribution in [0.25, 0.3) is 0 Å². The molecule has 2 aromatic rings. The molecule has 0 aliphatic heterocycles. The van der Waals surface area contributed by atoms with Crippen molar-refractivity contribution in [1.29, 1.82) is 0 Å². The molecule has 0 unspecified atom stereocenters. The highest BCUT2D eigenvalue weighted by molar-refractivity contribution is 5.96. The summed E-state index contributed by atoms with van der Waals surface area (Å²) >= 11 is 0. The number of likely N-dealkylation sites (N-methyl/N-ethyl adjacent to an activating group) is 1. The lowest BCUT2D eigenvalue weighted by molar-refractivity contribution is -0.134. The second kappa shape index (κ2) is 9.69. The van der Waals surface area contributed by atoms with E-state index < -0.39 is 0 Å². The standard InChI is InChI=1S/C22H27N3O3/c1-15-10-16(2)22(17(3)11-15)24-20(27)14-25(4)21(28)13-23-19(26)12-18-8-6-5-7-9-18/h5-11H,12-14H2,1-4H3,(H,23,26)(H,24,27). The summed E-state index contributed by atoms with van der Waals surface area (Å²) in [4.78, 5) is 37.7. The maximum atomic E-state index is 12.3. The molecule has 3 amide bonds. The molecule has 0 atom stereocenters. The summed E-state index contributed by atoms with van der Waals surface area (Å²) in [5.74, 6) is -0.835. The first-order valence-electron chi connectivity index (χ1n) is 9.18. The maximum Gasteiger partial charge on any atom is 0.243 e. The largest absolute Gasteiger partial charge is 0.347 e. The first kappa shape index (κ1) is 21.2. The molecule has 28 heavy (non-hydrogen) atoms. The number of nitrogens with zero attached hydrogens (tertiary/aromatic N) is 1. The average molecular weight is 381 g/mol. The predicted molar refractivity (Wildman–Crippen MR) is 110 cm³/mol. The summed E-state index contributed by atoms with van der Waals surface area (Å²) in [6.07, 6.45) is 0.213. The van der Waals surface area contributed by atoms with E-state index >= 15 is 0 Å². The fourth-order valence-corrected chi connectivity index (χ4v) is 3.01. The smallest absolute Gasteiger partial charge is 0.243 e. The lowest BCUT2D eigenvalue weighted by Gasteiger charge is -2.18. The van der Waals surface area contributed by atoms with Gasteiger partial charge in [0.05, 0.1) is 19.5 Å². The normalized spacial score (nSPS) is 10.3. The molecule has 0 aliphatic rings. The van der Waals surface area contributed by atoms with E-state index in [4.69, 9.17) is 0 Å². The third kappa shape index (κ3) is 6.23. The molecule has 0 fully saturated rings. The van der Waals surface area contributed by atoms with Crippen LogP contribution in [0.15, 0.2) is 42.5 Å². The second-order valence-corrected chi connectivity index (χ2v) is 7.01. The molecule has 148 valence electrons. The quantitative estimate of drug-likeness (QED) is 0.773. The number of carbonyl (C=O) groups is 3. The van der Waals surface area contributed by atoms with Gasteiger partial charge in [-0.3, -0.25) is 14.4 Å². The number of rotatable bonds is 7. The Hall–Kier alpha value is -3.15. The molecule has 0 bridgehead atoms. The monoisotopic (exact) mass is 381 g/mol. The van der Waals surface area contributed by atoms with Crippen LogP contribution in [0.2, 0.25) is 0 Å². The summed E-state index contributed by atoms with van der Waals surface area (Å²) in [6, 6.07) is 13.3. The van der Waals surface area contributed by atoms with Gasteiger partial charge in [-0.05, 0) is 37.5 Å². The lowest BCUT2D eigenvalue weighted by Crippen LogP contribution is -2.41. The zero-order valence-electron chi connectivity index (χ0n) is 16.8. The molecule has 0 aromatic heterocycles. The summed E-state index contributed by atoms with van der Waals surface area (Å²) < 4.78 is 0. The van der Waals surface area contributed by atoms with E-state index in [1.54, 1.807) is 7.05 Å². The number of carbonyl (C=O) groups excluding carboxylic acids is 3. The molecule has 6 heteroatoms. The Morgan fingerprint density at radius 3 is 2.14 bits per heavy atom. The SMILES string of the molecule is Cc1cc(C)c(NC(=O)CN(C)C(=O)CNC(=O)Cc2ccccc2)c(C)c1. The van der Waals surface area contributed by atoms with E-state index in [1.165, 1.54) is 4.90 Å². The molecule has 6 nitrogen and oxygen atoms in total. The van der Waals surface area contributed by atoms with Crippen molar-refractivity contribution >= 4 is 23.4 Å². The van der Waals surface area contributed by atoms with Gasteiger partial charge >= 0.3 is 0 Å². The Balaban J connectivity index is 1.81. The Morgan fingerprint density at radius 1 is 0.929 bits per heavy atom. The van der Waals surface area contributed by atoms with Gasteiger partial charge < -0.3 is 15.5 Å². The minimum Gasteiger partial charge on any atom is -0.347 e. The van der Waals surface area contributed by atoms with Crippen molar-refractivity contribution in [3.8, 4) is 0 Å². The first-order chi connectivity index (χ1) is 13.3. The summed E-state index contributed by atoms with van der Waals surface area (Å²) in [5, 5.41) is 5.47. The Labute approximate surface area is 165 Å². The van der Waals surface area contributed by atoms with E-state index in [-0.39, 0.29) is 37.2 Å². The van der Waals surface area contributed by atoms with Gasteiger partial charge in [-0.15, -0.1) is 0 Å². The fourth-order valence-electron chi connectivity index (χ4n) is 3.01. The van der Waals surface area contributed by atoms with Gasteiger partial charge in [-0.2, -0.15) is 0 Å². The van der Waals surface area contributed by atoms with E-state index in [1.807, 2.05) is 63.2 Å². The fraction of sp³-hybridized carbons (Fsp3) is 0.318. The minimum absolute atomic E-state index is 0.0832. The highest BCUT2D eigenvalue weighted by Gasteiger charge is 2.15. The maximum absolute atomic E-state index is 12.3. The number of hydrogen-bond acceptors (Lipinski definition) is 3. The second-order valence-electron chi connectivity index (χ2n) is 7.01. The van der Waals surface area contributed by atoms with Crippen molar-refractivity contribution in [2.75, 3.05) is 25.5 Å². The Morgan fingerprint density at radius 2 is 1.54 bits per heavy atom. The number of anilines is 1. The number of hydrogen-bond donors (Lipinski definition) is 2. The van der Waals surface area contributed by atoms with Crippen LogP contribution < -0.4 is 10.6 Å². The third-order valence-electron chi connectivity index (χ3n) is 4.39. The molecule has 0 spiro atoms. The summed E-state index contributed by atoms with van der Waals surface area (Å²) in [6.45, 7) is 5.65. The molecule has 2 rings (SSSR count). The van der Waals surface area contributed by atoms with E-state index in [0.29, 0.717) is 0 Å². The Kier molecular flexibility index (Phi) is 7.32. The number of amides is 3. The van der Waals surface area contributed by atoms with Gasteiger partial charge in [-0.1, -0.05) is 48.0 Å². The lowest BCUT2D eigenvalue weighted by atomic mass is 10.1. The molecule has 0 aliphatic carbocycles. The highest BCUT2D eigenvalue weighted by atomic mass is 16.2. The molecule has 0 heterocycles. The average Bonchev–Trinajstić information content (AvgIpc) is 2.63. The van der Waals surface area contributed by atoms with Crippen molar-refractivity contribution in [3.05, 3.63) is 64.7 Å². The predicted octanol–water partition coefficient (Wildman–Crippen LogP) is 2.37. The van der Waals surface area contributed by atoms with Gasteiger partial charge in [0.25, 0.3) is 0 Å². The van der Waals surface area contributed by atoms with Gasteiger partial charge in [0.2, 0.25) is 17.7 Å². The van der Waals surface area contributed by atoms with E-state index in [9.17, 15) is 14.4 Å². The number of nitrogens with one attached hydrogen (secondary N) is 2. The van der Waals surface area contributed by atoms with Gasteiger partial charge in [0.1, 0.15) is 0 Å². The van der Waals surface area contributed by atoms with Crippen LogP contribution in [-0.2, 0) is 20.8 Å². The highest BCUT2D eigenvalue weighted by Crippen LogP contribution is 2.21. The molecule has 2 N–H and O–H groups in total. The van der Waals surface area contributed by atoms with Crippen LogP contribution >= 0.6 is 0 Å². The van der Waals surface area contributed by atoms with Crippen molar-refractivity contribution in [1.82, 2.24) is 10.2 Å². The van der Waals surface area contributed by atoms with Crippen LogP contribution in [0.4, 0.5) is 5.69 Å². The molecular weight excluding hydrogens is 354 g/mol. The van der Waals surface area contributed by atoms with Crippen molar-refractivity contribution in [2.24, 2.45) is 0 Å². The number of aryl methyl sites for hydroxylation is 3. The van der Waals surface area contributed by atoms with Gasteiger partial charge in [-0.25, -0.2) is 0 Å². The van der Waals surface area contributed by atoms with Crippen LogP contribution in [0, 0.1) is 20.8 Å². The topological polar surface area (TPSA) is 78.5 Å². The summed E-state index contributed by atoms with van der Waals surface area (Å²) in [7, 11) is 1.54. The minimum atomic E-state index is -0.325. The first-order valence-corrected chi connectivity index (χ1v) is 9.18. The van der Waals surface area contributed by atoms with Crippen LogP contribution in [-0.4, -0.2) is 42.8 Å². The van der Waals surface area contributed by atoms with E-state index in [2.05, 4.69) is 10.6 Å². The van der Waals surface area contributed by atoms with Gasteiger partial charge in [0, 0.05) is 12.7 Å². The molecule has 0 saturated carbocycles. The zero-order chi connectivity index (χ0) is 20.7. The van der Waals surface area contributed by atoms with Crippen LogP contribution in [0.5, 0.6) is 0 Å².